The third kappa shape index (κ3) is 3.29. The standard InChI is InChI=1S/C16H9Cl3FNO2/c17-12-4-10(5-13(18)16(12)19)21-6-9-3-15-8(2-14(9)20)1-11(7-22)23-15/h1-5,7,21H,6H2. The molecule has 3 aromatic rings. The summed E-state index contributed by atoms with van der Waals surface area (Å²) >= 11 is 17.8. The van der Waals surface area contributed by atoms with Gasteiger partial charge in [0.25, 0.3) is 0 Å². The van der Waals surface area contributed by atoms with Crippen molar-refractivity contribution in [1.82, 2.24) is 0 Å². The quantitative estimate of drug-likeness (QED) is 0.454. The Morgan fingerprint density at radius 2 is 1.78 bits per heavy atom. The Labute approximate surface area is 145 Å². The SMILES string of the molecule is O=Cc1cc2cc(F)c(CNc3cc(Cl)c(Cl)c(Cl)c3)cc2o1. The first kappa shape index (κ1) is 16.1. The van der Waals surface area contributed by atoms with Crippen molar-refractivity contribution in [1.29, 1.82) is 0 Å². The molecule has 118 valence electrons. The highest BCUT2D eigenvalue weighted by Gasteiger charge is 2.10. The zero-order chi connectivity index (χ0) is 16.6. The fourth-order valence-corrected chi connectivity index (χ4v) is 2.77. The van der Waals surface area contributed by atoms with Gasteiger partial charge in [-0.25, -0.2) is 4.39 Å². The fraction of sp³-hybridized carbons (Fsp3) is 0.0625. The topological polar surface area (TPSA) is 42.2 Å². The average Bonchev–Trinajstić information content (AvgIpc) is 2.92. The summed E-state index contributed by atoms with van der Waals surface area (Å²) in [6, 6.07) is 7.56. The van der Waals surface area contributed by atoms with Crippen molar-refractivity contribution in [3.05, 3.63) is 62.5 Å². The number of furan rings is 1. The molecule has 0 atom stereocenters. The first-order valence-electron chi connectivity index (χ1n) is 6.53. The molecule has 0 aliphatic rings. The van der Waals surface area contributed by atoms with Crippen LogP contribution in [0.15, 0.2) is 34.7 Å². The van der Waals surface area contributed by atoms with Gasteiger partial charge in [0.05, 0.1) is 15.1 Å². The van der Waals surface area contributed by atoms with E-state index >= 15 is 0 Å². The number of halogens is 4. The average molecular weight is 373 g/mol. The number of carbonyl (C=O) groups is 1. The Morgan fingerprint density at radius 1 is 1.09 bits per heavy atom. The molecule has 3 rings (SSSR count). The van der Waals surface area contributed by atoms with Crippen LogP contribution in [0.2, 0.25) is 15.1 Å². The minimum Gasteiger partial charge on any atom is -0.453 e. The van der Waals surface area contributed by atoms with Crippen LogP contribution in [-0.2, 0) is 6.54 Å². The molecule has 1 heterocycles. The summed E-state index contributed by atoms with van der Waals surface area (Å²) in [4.78, 5) is 10.7. The zero-order valence-electron chi connectivity index (χ0n) is 11.5. The summed E-state index contributed by atoms with van der Waals surface area (Å²) in [6.45, 7) is 0.188. The van der Waals surface area contributed by atoms with Crippen molar-refractivity contribution in [2.75, 3.05) is 5.32 Å². The third-order valence-electron chi connectivity index (χ3n) is 3.29. The maximum absolute atomic E-state index is 14.1. The predicted octanol–water partition coefficient (Wildman–Crippen LogP) is 5.96. The number of fused-ring (bicyclic) bond motifs is 1. The molecule has 0 bridgehead atoms. The minimum absolute atomic E-state index is 0.153. The zero-order valence-corrected chi connectivity index (χ0v) is 13.8. The molecule has 0 amide bonds. The van der Waals surface area contributed by atoms with Crippen LogP contribution >= 0.6 is 34.8 Å². The van der Waals surface area contributed by atoms with Gasteiger partial charge < -0.3 is 9.73 Å². The van der Waals surface area contributed by atoms with Crippen molar-refractivity contribution in [3.63, 3.8) is 0 Å². The molecular weight excluding hydrogens is 364 g/mol. The normalized spacial score (nSPS) is 11.0. The molecule has 0 saturated carbocycles. The Balaban J connectivity index is 1.86. The number of hydrogen-bond donors (Lipinski definition) is 1. The van der Waals surface area contributed by atoms with Crippen LogP contribution < -0.4 is 5.32 Å². The monoisotopic (exact) mass is 371 g/mol. The number of aldehydes is 1. The maximum Gasteiger partial charge on any atom is 0.185 e. The van der Waals surface area contributed by atoms with E-state index < -0.39 is 5.82 Å². The highest BCUT2D eigenvalue weighted by Crippen LogP contribution is 2.33. The lowest BCUT2D eigenvalue weighted by Gasteiger charge is -2.09. The molecule has 0 saturated heterocycles. The summed E-state index contributed by atoms with van der Waals surface area (Å²) in [5, 5.41) is 4.43. The largest absolute Gasteiger partial charge is 0.453 e. The minimum atomic E-state index is -0.408. The molecule has 0 unspecified atom stereocenters. The van der Waals surface area contributed by atoms with Crippen LogP contribution in [0.4, 0.5) is 10.1 Å². The Morgan fingerprint density at radius 3 is 2.43 bits per heavy atom. The molecule has 7 heteroatoms. The molecule has 0 aliphatic heterocycles. The van der Waals surface area contributed by atoms with Crippen LogP contribution in [0, 0.1) is 5.82 Å². The van der Waals surface area contributed by atoms with E-state index in [0.29, 0.717) is 38.6 Å². The summed E-state index contributed by atoms with van der Waals surface area (Å²) in [6.07, 6.45) is 0.577. The number of carbonyl (C=O) groups excluding carboxylic acids is 1. The highest BCUT2D eigenvalue weighted by molar-refractivity contribution is 6.48. The first-order chi connectivity index (χ1) is 11.0. The molecule has 1 N–H and O–H groups in total. The van der Waals surface area contributed by atoms with Gasteiger partial charge >= 0.3 is 0 Å². The third-order valence-corrected chi connectivity index (χ3v) is 4.48. The molecule has 23 heavy (non-hydrogen) atoms. The fourth-order valence-electron chi connectivity index (χ4n) is 2.17. The van der Waals surface area contributed by atoms with E-state index in [1.807, 2.05) is 0 Å². The Bertz CT molecular complexity index is 885. The van der Waals surface area contributed by atoms with E-state index in [2.05, 4.69) is 5.32 Å². The summed E-state index contributed by atoms with van der Waals surface area (Å²) in [5.74, 6) is -0.254. The van der Waals surface area contributed by atoms with Crippen LogP contribution in [-0.4, -0.2) is 6.29 Å². The van der Waals surface area contributed by atoms with Crippen molar-refractivity contribution in [3.8, 4) is 0 Å². The van der Waals surface area contributed by atoms with Gasteiger partial charge in [0.2, 0.25) is 0 Å². The van der Waals surface area contributed by atoms with Gasteiger partial charge in [-0.15, -0.1) is 0 Å². The van der Waals surface area contributed by atoms with Crippen LogP contribution in [0.5, 0.6) is 0 Å². The smallest absolute Gasteiger partial charge is 0.185 e. The van der Waals surface area contributed by atoms with Gasteiger partial charge in [0.15, 0.2) is 12.0 Å². The molecule has 0 aliphatic carbocycles. The van der Waals surface area contributed by atoms with Gasteiger partial charge in [0, 0.05) is 23.2 Å². The highest BCUT2D eigenvalue weighted by atomic mass is 35.5. The van der Waals surface area contributed by atoms with Crippen molar-refractivity contribution in [2.45, 2.75) is 6.54 Å². The molecule has 0 fully saturated rings. The number of rotatable bonds is 4. The van der Waals surface area contributed by atoms with Gasteiger partial charge in [-0.2, -0.15) is 0 Å². The number of hydrogen-bond acceptors (Lipinski definition) is 3. The van der Waals surface area contributed by atoms with E-state index in [4.69, 9.17) is 39.2 Å². The van der Waals surface area contributed by atoms with Crippen molar-refractivity contribution >= 4 is 57.7 Å². The lowest BCUT2D eigenvalue weighted by atomic mass is 10.1. The summed E-state index contributed by atoms with van der Waals surface area (Å²) in [7, 11) is 0. The van der Waals surface area contributed by atoms with E-state index in [0.717, 1.165) is 0 Å². The second kappa shape index (κ2) is 6.40. The Kier molecular flexibility index (Phi) is 4.48. The van der Waals surface area contributed by atoms with Crippen molar-refractivity contribution < 1.29 is 13.6 Å². The van der Waals surface area contributed by atoms with E-state index in [1.54, 1.807) is 18.2 Å². The second-order valence-corrected chi connectivity index (χ2v) is 6.05. The van der Waals surface area contributed by atoms with Crippen molar-refractivity contribution in [2.24, 2.45) is 0 Å². The van der Waals surface area contributed by atoms with Crippen LogP contribution in [0.3, 0.4) is 0 Å². The van der Waals surface area contributed by atoms with Gasteiger partial charge in [-0.1, -0.05) is 34.8 Å². The predicted molar refractivity (Wildman–Crippen MR) is 90.4 cm³/mol. The van der Waals surface area contributed by atoms with E-state index in [9.17, 15) is 9.18 Å². The molecule has 0 radical (unpaired) electrons. The summed E-state index contributed by atoms with van der Waals surface area (Å²) in [5.41, 5.74) is 1.43. The van der Waals surface area contributed by atoms with Crippen LogP contribution in [0.1, 0.15) is 16.1 Å². The van der Waals surface area contributed by atoms with Gasteiger partial charge in [-0.05, 0) is 30.3 Å². The number of nitrogens with one attached hydrogen (secondary N) is 1. The summed E-state index contributed by atoms with van der Waals surface area (Å²) < 4.78 is 19.4. The Hall–Kier alpha value is -1.75. The van der Waals surface area contributed by atoms with Crippen LogP contribution in [0.25, 0.3) is 11.0 Å². The first-order valence-corrected chi connectivity index (χ1v) is 7.67. The molecule has 3 nitrogen and oxygen atoms in total. The van der Waals surface area contributed by atoms with Gasteiger partial charge in [0.1, 0.15) is 11.4 Å². The van der Waals surface area contributed by atoms with E-state index in [-0.39, 0.29) is 17.3 Å². The molecular formula is C16H9Cl3FNO2. The second-order valence-electron chi connectivity index (χ2n) is 4.86. The number of anilines is 1. The van der Waals surface area contributed by atoms with Gasteiger partial charge in [-0.3, -0.25) is 4.79 Å². The molecule has 1 aromatic heterocycles. The molecule has 2 aromatic carbocycles. The maximum atomic E-state index is 14.1. The molecule has 0 spiro atoms. The lowest BCUT2D eigenvalue weighted by Crippen LogP contribution is -2.02. The number of benzene rings is 2. The lowest BCUT2D eigenvalue weighted by molar-refractivity contribution is 0.110. The van der Waals surface area contributed by atoms with E-state index in [1.165, 1.54) is 12.1 Å².